The molecule has 1 aliphatic heterocycles. The summed E-state index contributed by atoms with van der Waals surface area (Å²) in [6.07, 6.45) is 7.94. The van der Waals surface area contributed by atoms with E-state index < -0.39 is 0 Å². The van der Waals surface area contributed by atoms with Crippen molar-refractivity contribution in [3.63, 3.8) is 0 Å². The lowest BCUT2D eigenvalue weighted by molar-refractivity contribution is -0.139. The Bertz CT molecular complexity index is 587. The van der Waals surface area contributed by atoms with Crippen LogP contribution in [0.15, 0.2) is 5.38 Å². The fourth-order valence-corrected chi connectivity index (χ4v) is 4.72. The SMILES string of the molecule is Cc1csc(CCCNC(=O)C2CCN(C(=O)C3CCCC3)CC2)n1. The van der Waals surface area contributed by atoms with Gasteiger partial charge in [0.05, 0.1) is 5.01 Å². The fourth-order valence-electron chi connectivity index (χ4n) is 3.91. The second-order valence-corrected chi connectivity index (χ2v) is 8.30. The molecular formula is C19H29N3O2S. The lowest BCUT2D eigenvalue weighted by Crippen LogP contribution is -2.44. The Morgan fingerprint density at radius 1 is 1.20 bits per heavy atom. The van der Waals surface area contributed by atoms with Gasteiger partial charge in [-0.25, -0.2) is 4.98 Å². The maximum absolute atomic E-state index is 12.4. The largest absolute Gasteiger partial charge is 0.356 e. The molecule has 1 aliphatic carbocycles. The van der Waals surface area contributed by atoms with Crippen molar-refractivity contribution in [2.24, 2.45) is 11.8 Å². The lowest BCUT2D eigenvalue weighted by atomic mass is 9.94. The van der Waals surface area contributed by atoms with Crippen molar-refractivity contribution in [1.29, 1.82) is 0 Å². The summed E-state index contributed by atoms with van der Waals surface area (Å²) >= 11 is 1.69. The molecule has 1 aromatic heterocycles. The van der Waals surface area contributed by atoms with Gasteiger partial charge in [0.2, 0.25) is 11.8 Å². The minimum absolute atomic E-state index is 0.0646. The van der Waals surface area contributed by atoms with Crippen molar-refractivity contribution in [3.05, 3.63) is 16.1 Å². The highest BCUT2D eigenvalue weighted by Gasteiger charge is 2.31. The molecule has 25 heavy (non-hydrogen) atoms. The van der Waals surface area contributed by atoms with E-state index in [1.807, 2.05) is 11.8 Å². The summed E-state index contributed by atoms with van der Waals surface area (Å²) in [4.78, 5) is 31.2. The highest BCUT2D eigenvalue weighted by atomic mass is 32.1. The van der Waals surface area contributed by atoms with Crippen LogP contribution in [0.2, 0.25) is 0 Å². The molecule has 1 saturated heterocycles. The summed E-state index contributed by atoms with van der Waals surface area (Å²) in [5.41, 5.74) is 1.07. The molecule has 2 aliphatic rings. The number of carbonyl (C=O) groups is 2. The first-order chi connectivity index (χ1) is 12.1. The number of aryl methyl sites for hydroxylation is 2. The van der Waals surface area contributed by atoms with Crippen molar-refractivity contribution in [3.8, 4) is 0 Å². The Balaban J connectivity index is 1.33. The monoisotopic (exact) mass is 363 g/mol. The zero-order chi connectivity index (χ0) is 17.6. The van der Waals surface area contributed by atoms with Gasteiger partial charge in [0, 0.05) is 49.0 Å². The van der Waals surface area contributed by atoms with Crippen molar-refractivity contribution >= 4 is 23.2 Å². The first-order valence-electron chi connectivity index (χ1n) is 9.61. The van der Waals surface area contributed by atoms with Gasteiger partial charge in [-0.15, -0.1) is 11.3 Å². The van der Waals surface area contributed by atoms with Crippen LogP contribution in [0.5, 0.6) is 0 Å². The van der Waals surface area contributed by atoms with Gasteiger partial charge < -0.3 is 10.2 Å². The number of thiazole rings is 1. The van der Waals surface area contributed by atoms with Gasteiger partial charge in [0.25, 0.3) is 0 Å². The molecule has 0 atom stereocenters. The molecule has 3 rings (SSSR count). The van der Waals surface area contributed by atoms with Gasteiger partial charge in [-0.3, -0.25) is 9.59 Å². The summed E-state index contributed by atoms with van der Waals surface area (Å²) in [5, 5.41) is 6.27. The molecule has 0 aromatic carbocycles. The van der Waals surface area contributed by atoms with E-state index in [-0.39, 0.29) is 17.7 Å². The number of amides is 2. The zero-order valence-electron chi connectivity index (χ0n) is 15.1. The summed E-state index contributed by atoms with van der Waals surface area (Å²) in [5.74, 6) is 0.799. The minimum atomic E-state index is 0.0646. The fraction of sp³-hybridized carbons (Fsp3) is 0.737. The van der Waals surface area contributed by atoms with Gasteiger partial charge in [-0.05, 0) is 39.0 Å². The average Bonchev–Trinajstić information content (AvgIpc) is 3.30. The molecule has 2 fully saturated rings. The Hall–Kier alpha value is -1.43. The molecular weight excluding hydrogens is 334 g/mol. The van der Waals surface area contributed by atoms with Crippen LogP contribution in [0.1, 0.15) is 55.6 Å². The van der Waals surface area contributed by atoms with E-state index in [0.717, 1.165) is 62.3 Å². The smallest absolute Gasteiger partial charge is 0.225 e. The molecule has 0 radical (unpaired) electrons. The summed E-state index contributed by atoms with van der Waals surface area (Å²) in [7, 11) is 0. The van der Waals surface area contributed by atoms with E-state index in [1.165, 1.54) is 12.8 Å². The molecule has 1 N–H and O–H groups in total. The van der Waals surface area contributed by atoms with Crippen molar-refractivity contribution in [1.82, 2.24) is 15.2 Å². The normalized spacial score (nSPS) is 19.3. The molecule has 1 aromatic rings. The van der Waals surface area contributed by atoms with E-state index in [1.54, 1.807) is 11.3 Å². The highest BCUT2D eigenvalue weighted by molar-refractivity contribution is 7.09. The zero-order valence-corrected chi connectivity index (χ0v) is 15.9. The van der Waals surface area contributed by atoms with E-state index in [9.17, 15) is 9.59 Å². The van der Waals surface area contributed by atoms with E-state index in [0.29, 0.717) is 12.5 Å². The van der Waals surface area contributed by atoms with Crippen LogP contribution in [-0.4, -0.2) is 41.3 Å². The molecule has 5 nitrogen and oxygen atoms in total. The maximum Gasteiger partial charge on any atom is 0.225 e. The third-order valence-electron chi connectivity index (χ3n) is 5.42. The van der Waals surface area contributed by atoms with Gasteiger partial charge in [0.15, 0.2) is 0 Å². The van der Waals surface area contributed by atoms with Gasteiger partial charge in [0.1, 0.15) is 0 Å². The summed E-state index contributed by atoms with van der Waals surface area (Å²) in [6, 6.07) is 0. The summed E-state index contributed by atoms with van der Waals surface area (Å²) in [6.45, 7) is 4.20. The summed E-state index contributed by atoms with van der Waals surface area (Å²) < 4.78 is 0. The third kappa shape index (κ3) is 5.03. The third-order valence-corrected chi connectivity index (χ3v) is 6.44. The topological polar surface area (TPSA) is 62.3 Å². The van der Waals surface area contributed by atoms with Gasteiger partial charge in [-0.1, -0.05) is 12.8 Å². The first-order valence-corrected chi connectivity index (χ1v) is 10.5. The van der Waals surface area contributed by atoms with E-state index >= 15 is 0 Å². The molecule has 0 bridgehead atoms. The van der Waals surface area contributed by atoms with Crippen molar-refractivity contribution < 1.29 is 9.59 Å². The Morgan fingerprint density at radius 3 is 2.56 bits per heavy atom. The number of aromatic nitrogens is 1. The van der Waals surface area contributed by atoms with Crippen LogP contribution in [0.25, 0.3) is 0 Å². The van der Waals surface area contributed by atoms with E-state index in [2.05, 4.69) is 15.7 Å². The van der Waals surface area contributed by atoms with E-state index in [4.69, 9.17) is 0 Å². The highest BCUT2D eigenvalue weighted by Crippen LogP contribution is 2.28. The van der Waals surface area contributed by atoms with Crippen LogP contribution in [0.4, 0.5) is 0 Å². The molecule has 0 spiro atoms. The maximum atomic E-state index is 12.4. The number of hydrogen-bond donors (Lipinski definition) is 1. The van der Waals surface area contributed by atoms with Crippen LogP contribution in [-0.2, 0) is 16.0 Å². The quantitative estimate of drug-likeness (QED) is 0.791. The molecule has 138 valence electrons. The minimum Gasteiger partial charge on any atom is -0.356 e. The molecule has 2 heterocycles. The number of carbonyl (C=O) groups excluding carboxylic acids is 2. The Kier molecular flexibility index (Phi) is 6.45. The van der Waals surface area contributed by atoms with Crippen LogP contribution in [0.3, 0.4) is 0 Å². The standard InChI is InChI=1S/C19H29N3O2S/c1-14-13-25-17(21-14)7-4-10-20-18(23)15-8-11-22(12-9-15)19(24)16-5-2-3-6-16/h13,15-16H,2-12H2,1H3,(H,20,23). The predicted octanol–water partition coefficient (Wildman–Crippen LogP) is 2.93. The van der Waals surface area contributed by atoms with Crippen LogP contribution >= 0.6 is 11.3 Å². The molecule has 6 heteroatoms. The van der Waals surface area contributed by atoms with Crippen LogP contribution in [0, 0.1) is 18.8 Å². The number of likely N-dealkylation sites (tertiary alicyclic amines) is 1. The average molecular weight is 364 g/mol. The van der Waals surface area contributed by atoms with Crippen molar-refractivity contribution in [2.45, 2.75) is 58.3 Å². The van der Waals surface area contributed by atoms with Crippen LogP contribution < -0.4 is 5.32 Å². The second-order valence-electron chi connectivity index (χ2n) is 7.36. The Morgan fingerprint density at radius 2 is 1.92 bits per heavy atom. The molecule has 0 unspecified atom stereocenters. The number of nitrogens with one attached hydrogen (secondary N) is 1. The van der Waals surface area contributed by atoms with Gasteiger partial charge >= 0.3 is 0 Å². The number of hydrogen-bond acceptors (Lipinski definition) is 4. The second kappa shape index (κ2) is 8.79. The number of piperidine rings is 1. The first kappa shape index (κ1) is 18.4. The molecule has 2 amide bonds. The lowest BCUT2D eigenvalue weighted by Gasteiger charge is -2.33. The Labute approximate surface area is 154 Å². The number of nitrogens with zero attached hydrogens (tertiary/aromatic N) is 2. The van der Waals surface area contributed by atoms with Crippen molar-refractivity contribution in [2.75, 3.05) is 19.6 Å². The number of rotatable bonds is 6. The molecule has 1 saturated carbocycles. The van der Waals surface area contributed by atoms with Gasteiger partial charge in [-0.2, -0.15) is 0 Å². The predicted molar refractivity (Wildman–Crippen MR) is 99.4 cm³/mol.